The third-order valence-electron chi connectivity index (χ3n) is 6.95. The number of carbonyl (C=O) groups is 1. The van der Waals surface area contributed by atoms with E-state index in [0.717, 1.165) is 11.1 Å². The zero-order valence-corrected chi connectivity index (χ0v) is 17.9. The lowest BCUT2D eigenvalue weighted by atomic mass is 9.90. The van der Waals surface area contributed by atoms with Crippen LogP contribution in [0.4, 0.5) is 0 Å². The van der Waals surface area contributed by atoms with Crippen LogP contribution in [0.1, 0.15) is 48.2 Å². The van der Waals surface area contributed by atoms with Crippen molar-refractivity contribution in [2.24, 2.45) is 0 Å². The van der Waals surface area contributed by atoms with Crippen molar-refractivity contribution in [3.63, 3.8) is 0 Å². The molecule has 1 aliphatic heterocycles. The molecule has 0 unspecified atom stereocenters. The molecule has 142 valence electrons. The van der Waals surface area contributed by atoms with Gasteiger partial charge < -0.3 is 9.74 Å². The lowest BCUT2D eigenvalue weighted by Gasteiger charge is -2.37. The van der Waals surface area contributed by atoms with Crippen LogP contribution in [0, 0.1) is 0 Å². The van der Waals surface area contributed by atoms with Crippen molar-refractivity contribution in [3.05, 3.63) is 71.3 Å². The van der Waals surface area contributed by atoms with Gasteiger partial charge in [0, 0.05) is 29.5 Å². The highest BCUT2D eigenvalue weighted by atomic mass is 28.4. The molecule has 4 heteroatoms. The molecule has 1 heterocycles. The van der Waals surface area contributed by atoms with Crippen LogP contribution >= 0.6 is 0 Å². The van der Waals surface area contributed by atoms with Gasteiger partial charge in [-0.05, 0) is 35.3 Å². The van der Waals surface area contributed by atoms with E-state index in [1.54, 1.807) is 0 Å². The molecule has 27 heavy (non-hydrogen) atoms. The van der Waals surface area contributed by atoms with Crippen LogP contribution in [-0.2, 0) is 9.84 Å². The second-order valence-corrected chi connectivity index (χ2v) is 14.3. The summed E-state index contributed by atoms with van der Waals surface area (Å²) in [6, 6.07) is 18.7. The van der Waals surface area contributed by atoms with Crippen LogP contribution in [0.5, 0.6) is 0 Å². The van der Waals surface area contributed by atoms with Gasteiger partial charge in [-0.25, -0.2) is 0 Å². The fraction of sp³-hybridized carbons (Fsp3) is 0.435. The first-order valence-corrected chi connectivity index (χ1v) is 12.7. The van der Waals surface area contributed by atoms with Crippen molar-refractivity contribution in [3.8, 4) is 0 Å². The Morgan fingerprint density at radius 2 is 1.67 bits per heavy atom. The molecule has 0 aromatic heterocycles. The standard InChI is InChI=1S/C23H29NO2Si/c1-22(2,3)27(4,5)26-15-23(16-11-7-6-8-12-16)19-17-13-9-10-14-18(17)21(25)24-20(19)23/h6-14,19-20H,15H2,1-5H3,(H,24,25)/t19-,20+,23-/m1/s1. The van der Waals surface area contributed by atoms with Gasteiger partial charge >= 0.3 is 0 Å². The van der Waals surface area contributed by atoms with E-state index in [1.807, 2.05) is 24.3 Å². The van der Waals surface area contributed by atoms with Gasteiger partial charge in [-0.1, -0.05) is 69.3 Å². The van der Waals surface area contributed by atoms with Crippen LogP contribution in [0.25, 0.3) is 0 Å². The highest BCUT2D eigenvalue weighted by molar-refractivity contribution is 6.74. The minimum atomic E-state index is -1.89. The quantitative estimate of drug-likeness (QED) is 0.771. The van der Waals surface area contributed by atoms with Gasteiger partial charge in [-0.2, -0.15) is 0 Å². The minimum absolute atomic E-state index is 0.0389. The molecule has 0 bridgehead atoms. The Kier molecular flexibility index (Phi) is 4.13. The van der Waals surface area contributed by atoms with Crippen molar-refractivity contribution >= 4 is 14.2 Å². The van der Waals surface area contributed by atoms with Crippen molar-refractivity contribution in [1.29, 1.82) is 0 Å². The fourth-order valence-electron chi connectivity index (χ4n) is 4.19. The molecule has 1 aliphatic carbocycles. The first-order chi connectivity index (χ1) is 12.7. The molecule has 2 aliphatic rings. The van der Waals surface area contributed by atoms with E-state index in [1.165, 1.54) is 5.56 Å². The van der Waals surface area contributed by atoms with Gasteiger partial charge in [-0.15, -0.1) is 0 Å². The lowest BCUT2D eigenvalue weighted by molar-refractivity contribution is 0.0940. The van der Waals surface area contributed by atoms with Crippen LogP contribution in [0.3, 0.4) is 0 Å². The SMILES string of the molecule is CC(C)(C)[Si](C)(C)OC[C@@]1(c2ccccc2)[C@@H]2c3ccccc3C(=O)N[C@@H]21. The maximum atomic E-state index is 12.7. The van der Waals surface area contributed by atoms with Gasteiger partial charge in [0.25, 0.3) is 5.91 Å². The average Bonchev–Trinajstić information content (AvgIpc) is 3.29. The molecular weight excluding hydrogens is 350 g/mol. The second kappa shape index (κ2) is 6.04. The largest absolute Gasteiger partial charge is 0.416 e. The Labute approximate surface area is 163 Å². The molecule has 3 nitrogen and oxygen atoms in total. The Morgan fingerprint density at radius 1 is 1.04 bits per heavy atom. The molecule has 2 aromatic rings. The van der Waals surface area contributed by atoms with Crippen LogP contribution in [0.15, 0.2) is 54.6 Å². The molecule has 1 N–H and O–H groups in total. The Bertz CT molecular complexity index is 871. The van der Waals surface area contributed by atoms with Gasteiger partial charge in [0.2, 0.25) is 0 Å². The molecule has 0 radical (unpaired) electrons. The van der Waals surface area contributed by atoms with Crippen molar-refractivity contribution in [2.45, 2.75) is 56.3 Å². The van der Waals surface area contributed by atoms with Crippen molar-refractivity contribution in [2.75, 3.05) is 6.61 Å². The molecule has 1 saturated carbocycles. The summed E-state index contributed by atoms with van der Waals surface area (Å²) in [5.74, 6) is 0.315. The van der Waals surface area contributed by atoms with Crippen molar-refractivity contribution < 1.29 is 9.22 Å². The molecule has 1 fully saturated rings. The van der Waals surface area contributed by atoms with E-state index in [-0.39, 0.29) is 28.3 Å². The Hall–Kier alpha value is -1.91. The Balaban J connectivity index is 1.75. The lowest BCUT2D eigenvalue weighted by Crippen LogP contribution is -2.44. The maximum Gasteiger partial charge on any atom is 0.251 e. The maximum absolute atomic E-state index is 12.7. The second-order valence-electron chi connectivity index (χ2n) is 9.47. The summed E-state index contributed by atoms with van der Waals surface area (Å²) >= 11 is 0. The topological polar surface area (TPSA) is 38.3 Å². The third-order valence-corrected chi connectivity index (χ3v) is 11.4. The summed E-state index contributed by atoms with van der Waals surface area (Å²) < 4.78 is 6.71. The van der Waals surface area contributed by atoms with E-state index < -0.39 is 8.32 Å². The third kappa shape index (κ3) is 2.77. The summed E-state index contributed by atoms with van der Waals surface area (Å²) in [7, 11) is -1.89. The molecular formula is C23H29NO2Si. The highest BCUT2D eigenvalue weighted by Gasteiger charge is 2.69. The summed E-state index contributed by atoms with van der Waals surface area (Å²) in [6.07, 6.45) is 0. The highest BCUT2D eigenvalue weighted by Crippen LogP contribution is 2.63. The van der Waals surface area contributed by atoms with E-state index in [2.05, 4.69) is 69.5 Å². The first-order valence-electron chi connectivity index (χ1n) is 9.78. The number of hydrogen-bond acceptors (Lipinski definition) is 2. The van der Waals surface area contributed by atoms with Gasteiger partial charge in [0.05, 0.1) is 0 Å². The molecule has 2 aromatic carbocycles. The minimum Gasteiger partial charge on any atom is -0.416 e. The van der Waals surface area contributed by atoms with Crippen molar-refractivity contribution in [1.82, 2.24) is 5.32 Å². The number of amides is 1. The smallest absolute Gasteiger partial charge is 0.251 e. The monoisotopic (exact) mass is 379 g/mol. The normalized spacial score (nSPS) is 26.8. The predicted octanol–water partition coefficient (Wildman–Crippen LogP) is 4.86. The van der Waals surface area contributed by atoms with E-state index in [0.29, 0.717) is 6.61 Å². The summed E-state index contributed by atoms with van der Waals surface area (Å²) in [5, 5.41) is 3.43. The molecule has 3 atom stereocenters. The molecule has 0 saturated heterocycles. The van der Waals surface area contributed by atoms with Gasteiger partial charge in [-0.3, -0.25) is 4.79 Å². The van der Waals surface area contributed by atoms with E-state index >= 15 is 0 Å². The number of carbonyl (C=O) groups excluding carboxylic acids is 1. The summed E-state index contributed by atoms with van der Waals surface area (Å²) in [5.41, 5.74) is 3.05. The molecule has 4 rings (SSSR count). The van der Waals surface area contributed by atoms with Crippen LogP contribution in [0.2, 0.25) is 18.1 Å². The zero-order chi connectivity index (χ0) is 19.4. The van der Waals surface area contributed by atoms with Gasteiger partial charge in [0.15, 0.2) is 8.32 Å². The van der Waals surface area contributed by atoms with Crippen LogP contribution < -0.4 is 5.32 Å². The summed E-state index contributed by atoms with van der Waals surface area (Å²) in [4.78, 5) is 12.7. The number of rotatable bonds is 4. The number of fused-ring (bicyclic) bond motifs is 3. The number of nitrogens with one attached hydrogen (secondary N) is 1. The van der Waals surface area contributed by atoms with E-state index in [4.69, 9.17) is 4.43 Å². The average molecular weight is 380 g/mol. The van der Waals surface area contributed by atoms with E-state index in [9.17, 15) is 4.79 Å². The molecule has 0 spiro atoms. The first kappa shape index (κ1) is 18.5. The zero-order valence-electron chi connectivity index (χ0n) is 16.9. The Morgan fingerprint density at radius 3 is 2.33 bits per heavy atom. The number of hydrogen-bond donors (Lipinski definition) is 1. The summed E-state index contributed by atoms with van der Waals surface area (Å²) in [6.45, 7) is 12.0. The molecule has 1 amide bonds. The van der Waals surface area contributed by atoms with Crippen LogP contribution in [-0.4, -0.2) is 26.9 Å². The predicted molar refractivity (Wildman–Crippen MR) is 112 cm³/mol. The number of benzene rings is 2. The fourth-order valence-corrected chi connectivity index (χ4v) is 5.22. The van der Waals surface area contributed by atoms with Gasteiger partial charge in [0.1, 0.15) is 0 Å².